The molecule has 0 saturated heterocycles. The zero-order valence-electron chi connectivity index (χ0n) is 7.70. The molecule has 0 spiro atoms. The number of aldehydes is 1. The summed E-state index contributed by atoms with van der Waals surface area (Å²) in [5.41, 5.74) is 1.98. The van der Waals surface area contributed by atoms with Crippen LogP contribution in [-0.2, 0) is 11.3 Å². The highest BCUT2D eigenvalue weighted by Gasteiger charge is 2.05. The van der Waals surface area contributed by atoms with Crippen LogP contribution in [0.4, 0.5) is 0 Å². The van der Waals surface area contributed by atoms with Gasteiger partial charge in [-0.25, -0.2) is 0 Å². The van der Waals surface area contributed by atoms with Crippen molar-refractivity contribution >= 4 is 6.29 Å². The predicted octanol–water partition coefficient (Wildman–Crippen LogP) is 1.66. The Balaban J connectivity index is 3.12. The van der Waals surface area contributed by atoms with E-state index < -0.39 is 0 Å². The SMILES string of the molecule is COCc1cc(C)c(C=O)c(O)c1. The van der Waals surface area contributed by atoms with Crippen LogP contribution >= 0.6 is 0 Å². The number of phenolic OH excluding ortho intramolecular Hbond substituents is 1. The molecule has 1 aromatic carbocycles. The monoisotopic (exact) mass is 180 g/mol. The standard InChI is InChI=1S/C10H12O3/c1-7-3-8(6-13-2)4-10(12)9(7)5-11/h3-5,12H,6H2,1-2H3. The van der Waals surface area contributed by atoms with Crippen LogP contribution in [0.1, 0.15) is 21.5 Å². The van der Waals surface area contributed by atoms with E-state index in [1.807, 2.05) is 6.07 Å². The second-order valence-electron chi connectivity index (χ2n) is 2.90. The first-order valence-corrected chi connectivity index (χ1v) is 3.95. The minimum absolute atomic E-state index is 0.0158. The lowest BCUT2D eigenvalue weighted by molar-refractivity contribution is 0.112. The Morgan fingerprint density at radius 1 is 1.54 bits per heavy atom. The maximum absolute atomic E-state index is 10.5. The quantitative estimate of drug-likeness (QED) is 0.719. The lowest BCUT2D eigenvalue weighted by atomic mass is 10.1. The minimum Gasteiger partial charge on any atom is -0.507 e. The Bertz CT molecular complexity index is 295. The van der Waals surface area contributed by atoms with Gasteiger partial charge in [0.1, 0.15) is 5.75 Å². The third kappa shape index (κ3) is 2.06. The van der Waals surface area contributed by atoms with Gasteiger partial charge in [0.25, 0.3) is 0 Å². The smallest absolute Gasteiger partial charge is 0.154 e. The Hall–Kier alpha value is -1.35. The molecule has 0 amide bonds. The maximum atomic E-state index is 10.5. The van der Waals surface area contributed by atoms with Gasteiger partial charge in [0.05, 0.1) is 12.2 Å². The molecule has 1 N–H and O–H groups in total. The highest BCUT2D eigenvalue weighted by Crippen LogP contribution is 2.21. The van der Waals surface area contributed by atoms with E-state index in [0.29, 0.717) is 18.5 Å². The van der Waals surface area contributed by atoms with E-state index in [2.05, 4.69) is 0 Å². The Morgan fingerprint density at radius 3 is 2.69 bits per heavy atom. The van der Waals surface area contributed by atoms with Gasteiger partial charge in [-0.05, 0) is 24.1 Å². The summed E-state index contributed by atoms with van der Waals surface area (Å²) in [6.45, 7) is 2.22. The number of hydrogen-bond acceptors (Lipinski definition) is 3. The first kappa shape index (κ1) is 9.74. The van der Waals surface area contributed by atoms with Crippen LogP contribution in [0, 0.1) is 6.92 Å². The number of ether oxygens (including phenoxy) is 1. The summed E-state index contributed by atoms with van der Waals surface area (Å²) in [4.78, 5) is 10.5. The fraction of sp³-hybridized carbons (Fsp3) is 0.300. The van der Waals surface area contributed by atoms with Crippen molar-refractivity contribution in [2.75, 3.05) is 7.11 Å². The number of carbonyl (C=O) groups is 1. The largest absolute Gasteiger partial charge is 0.507 e. The second-order valence-corrected chi connectivity index (χ2v) is 2.90. The molecule has 0 aliphatic heterocycles. The highest BCUT2D eigenvalue weighted by molar-refractivity contribution is 5.81. The molecule has 0 aromatic heterocycles. The zero-order chi connectivity index (χ0) is 9.84. The van der Waals surface area contributed by atoms with Crippen LogP contribution in [0.15, 0.2) is 12.1 Å². The predicted molar refractivity (Wildman–Crippen MR) is 48.9 cm³/mol. The van der Waals surface area contributed by atoms with Crippen LogP contribution in [0.2, 0.25) is 0 Å². The molecule has 0 radical (unpaired) electrons. The summed E-state index contributed by atoms with van der Waals surface area (Å²) in [5, 5.41) is 9.41. The summed E-state index contributed by atoms with van der Waals surface area (Å²) in [5.74, 6) is 0.0158. The van der Waals surface area contributed by atoms with Gasteiger partial charge >= 0.3 is 0 Å². The molecule has 70 valence electrons. The van der Waals surface area contributed by atoms with Crippen molar-refractivity contribution < 1.29 is 14.6 Å². The molecule has 1 rings (SSSR count). The number of rotatable bonds is 3. The first-order valence-electron chi connectivity index (χ1n) is 3.95. The van der Waals surface area contributed by atoms with E-state index in [0.717, 1.165) is 11.1 Å². The van der Waals surface area contributed by atoms with Crippen molar-refractivity contribution in [2.24, 2.45) is 0 Å². The Kier molecular flexibility index (Phi) is 3.03. The Morgan fingerprint density at radius 2 is 2.23 bits per heavy atom. The molecule has 0 unspecified atom stereocenters. The fourth-order valence-electron chi connectivity index (χ4n) is 1.26. The van der Waals surface area contributed by atoms with E-state index in [1.54, 1.807) is 20.1 Å². The highest BCUT2D eigenvalue weighted by atomic mass is 16.5. The average Bonchev–Trinajstić information content (AvgIpc) is 2.04. The van der Waals surface area contributed by atoms with Crippen LogP contribution in [-0.4, -0.2) is 18.5 Å². The average molecular weight is 180 g/mol. The van der Waals surface area contributed by atoms with E-state index in [4.69, 9.17) is 4.74 Å². The van der Waals surface area contributed by atoms with E-state index in [-0.39, 0.29) is 5.75 Å². The number of carbonyl (C=O) groups excluding carboxylic acids is 1. The molecule has 0 aliphatic rings. The van der Waals surface area contributed by atoms with Gasteiger partial charge in [-0.2, -0.15) is 0 Å². The maximum Gasteiger partial charge on any atom is 0.154 e. The van der Waals surface area contributed by atoms with Gasteiger partial charge < -0.3 is 9.84 Å². The number of aryl methyl sites for hydroxylation is 1. The van der Waals surface area contributed by atoms with Crippen LogP contribution in [0.5, 0.6) is 5.75 Å². The minimum atomic E-state index is 0.0158. The second kappa shape index (κ2) is 4.05. The summed E-state index contributed by atoms with van der Waals surface area (Å²) < 4.78 is 4.91. The van der Waals surface area contributed by atoms with Crippen molar-refractivity contribution in [1.29, 1.82) is 0 Å². The van der Waals surface area contributed by atoms with E-state index in [9.17, 15) is 9.90 Å². The molecule has 3 nitrogen and oxygen atoms in total. The molecule has 0 atom stereocenters. The summed E-state index contributed by atoms with van der Waals surface area (Å²) in [6, 6.07) is 3.37. The third-order valence-electron chi connectivity index (χ3n) is 1.85. The van der Waals surface area contributed by atoms with E-state index in [1.165, 1.54) is 0 Å². The fourth-order valence-corrected chi connectivity index (χ4v) is 1.26. The molecule has 0 bridgehead atoms. The number of aromatic hydroxyl groups is 1. The molecule has 13 heavy (non-hydrogen) atoms. The molecule has 0 heterocycles. The van der Waals surface area contributed by atoms with Gasteiger partial charge in [0.15, 0.2) is 6.29 Å². The van der Waals surface area contributed by atoms with Gasteiger partial charge in [0.2, 0.25) is 0 Å². The Labute approximate surface area is 77.0 Å². The number of hydrogen-bond donors (Lipinski definition) is 1. The molecule has 1 aromatic rings. The van der Waals surface area contributed by atoms with Gasteiger partial charge in [0, 0.05) is 7.11 Å². The summed E-state index contributed by atoms with van der Waals surface area (Å²) in [6.07, 6.45) is 0.654. The number of benzene rings is 1. The molecule has 3 heteroatoms. The molecule has 0 fully saturated rings. The third-order valence-corrected chi connectivity index (χ3v) is 1.85. The summed E-state index contributed by atoms with van der Waals surface area (Å²) in [7, 11) is 1.58. The number of phenols is 1. The van der Waals surface area contributed by atoms with Crippen molar-refractivity contribution in [3.05, 3.63) is 28.8 Å². The zero-order valence-corrected chi connectivity index (χ0v) is 7.70. The first-order chi connectivity index (χ1) is 6.19. The van der Waals surface area contributed by atoms with Gasteiger partial charge in [-0.15, -0.1) is 0 Å². The normalized spacial score (nSPS) is 10.0. The van der Waals surface area contributed by atoms with Crippen molar-refractivity contribution in [3.63, 3.8) is 0 Å². The van der Waals surface area contributed by atoms with Crippen LogP contribution in [0.25, 0.3) is 0 Å². The van der Waals surface area contributed by atoms with Gasteiger partial charge in [-0.1, -0.05) is 6.07 Å². The molecular weight excluding hydrogens is 168 g/mol. The van der Waals surface area contributed by atoms with Crippen LogP contribution in [0.3, 0.4) is 0 Å². The summed E-state index contributed by atoms with van der Waals surface area (Å²) >= 11 is 0. The number of methoxy groups -OCH3 is 1. The van der Waals surface area contributed by atoms with Crippen molar-refractivity contribution in [1.82, 2.24) is 0 Å². The molecular formula is C10H12O3. The van der Waals surface area contributed by atoms with E-state index >= 15 is 0 Å². The molecule has 0 aliphatic carbocycles. The van der Waals surface area contributed by atoms with Crippen molar-refractivity contribution in [2.45, 2.75) is 13.5 Å². The lowest BCUT2D eigenvalue weighted by Crippen LogP contribution is -1.93. The van der Waals surface area contributed by atoms with Crippen molar-refractivity contribution in [3.8, 4) is 5.75 Å². The van der Waals surface area contributed by atoms with Crippen LogP contribution < -0.4 is 0 Å². The van der Waals surface area contributed by atoms with Gasteiger partial charge in [-0.3, -0.25) is 4.79 Å². The molecule has 0 saturated carbocycles. The lowest BCUT2D eigenvalue weighted by Gasteiger charge is -2.05. The topological polar surface area (TPSA) is 46.5 Å².